The third-order valence-corrected chi connectivity index (χ3v) is 4.90. The van der Waals surface area contributed by atoms with Gasteiger partial charge in [0, 0.05) is 17.1 Å². The van der Waals surface area contributed by atoms with Crippen LogP contribution in [-0.4, -0.2) is 17.7 Å². The molecule has 0 aromatic carbocycles. The number of primary amides is 1. The Morgan fingerprint density at radius 1 is 1.39 bits per heavy atom. The summed E-state index contributed by atoms with van der Waals surface area (Å²) in [6, 6.07) is -0.905. The van der Waals surface area contributed by atoms with E-state index in [9.17, 15) is 14.4 Å². The molecule has 0 spiro atoms. The molecular formula is C13H18N2O3. The predicted molar refractivity (Wildman–Crippen MR) is 65.4 cm³/mol. The summed E-state index contributed by atoms with van der Waals surface area (Å²) in [6.07, 6.45) is 3.01. The molecule has 2 saturated carbocycles. The van der Waals surface area contributed by atoms with Crippen LogP contribution in [0.3, 0.4) is 0 Å². The number of fused-ring (bicyclic) bond motifs is 2. The van der Waals surface area contributed by atoms with Gasteiger partial charge in [0.05, 0.1) is 0 Å². The number of imide groups is 1. The fraction of sp³-hybridized carbons (Fsp3) is 0.615. The van der Waals surface area contributed by atoms with E-state index in [1.54, 1.807) is 0 Å². The largest absolute Gasteiger partial charge is 0.351 e. The van der Waals surface area contributed by atoms with Gasteiger partial charge < -0.3 is 5.73 Å². The summed E-state index contributed by atoms with van der Waals surface area (Å²) >= 11 is 0. The lowest BCUT2D eigenvalue weighted by atomic mass is 9.70. The number of allylic oxidation sites excluding steroid dienone is 1. The molecule has 98 valence electrons. The molecule has 0 aromatic rings. The van der Waals surface area contributed by atoms with E-state index in [2.05, 4.69) is 13.8 Å². The molecule has 0 radical (unpaired) electrons. The Balaban J connectivity index is 2.33. The van der Waals surface area contributed by atoms with Gasteiger partial charge in [0.15, 0.2) is 5.78 Å². The zero-order valence-corrected chi connectivity index (χ0v) is 10.9. The minimum atomic E-state index is -0.905. The molecule has 3 N–H and O–H groups in total. The lowest BCUT2D eigenvalue weighted by Gasteiger charge is -2.31. The Hall–Kier alpha value is -1.65. The van der Waals surface area contributed by atoms with Crippen LogP contribution < -0.4 is 11.1 Å². The van der Waals surface area contributed by atoms with E-state index in [-0.39, 0.29) is 17.1 Å². The lowest BCUT2D eigenvalue weighted by Crippen LogP contribution is -2.35. The highest BCUT2D eigenvalue weighted by Crippen LogP contribution is 2.65. The number of hydrogen-bond donors (Lipinski definition) is 2. The Morgan fingerprint density at radius 3 is 2.44 bits per heavy atom. The number of nitrogens with two attached hydrogens (primary N) is 1. The van der Waals surface area contributed by atoms with E-state index in [1.165, 1.54) is 6.08 Å². The van der Waals surface area contributed by atoms with Crippen LogP contribution in [0.15, 0.2) is 11.6 Å². The van der Waals surface area contributed by atoms with Crippen molar-refractivity contribution >= 4 is 17.7 Å². The van der Waals surface area contributed by atoms with Crippen LogP contribution in [0.5, 0.6) is 0 Å². The molecule has 5 nitrogen and oxygen atoms in total. The number of amides is 3. The third kappa shape index (κ3) is 1.50. The number of rotatable bonds is 1. The summed E-state index contributed by atoms with van der Waals surface area (Å²) in [6.45, 7) is 6.09. The van der Waals surface area contributed by atoms with E-state index in [0.29, 0.717) is 5.57 Å². The van der Waals surface area contributed by atoms with Crippen molar-refractivity contribution in [1.29, 1.82) is 0 Å². The van der Waals surface area contributed by atoms with Gasteiger partial charge in [-0.15, -0.1) is 0 Å². The zero-order chi connectivity index (χ0) is 13.7. The van der Waals surface area contributed by atoms with Crippen molar-refractivity contribution in [2.75, 3.05) is 0 Å². The molecule has 3 amide bonds. The monoisotopic (exact) mass is 250 g/mol. The molecule has 0 saturated heterocycles. The van der Waals surface area contributed by atoms with Gasteiger partial charge >= 0.3 is 6.03 Å². The maximum Gasteiger partial charge on any atom is 0.319 e. The number of nitrogens with one attached hydrogen (secondary N) is 1. The molecule has 2 fully saturated rings. The van der Waals surface area contributed by atoms with Gasteiger partial charge in [-0.05, 0) is 24.2 Å². The Bertz CT molecular complexity index is 479. The van der Waals surface area contributed by atoms with Crippen LogP contribution in [0.2, 0.25) is 0 Å². The van der Waals surface area contributed by atoms with E-state index < -0.39 is 17.4 Å². The van der Waals surface area contributed by atoms with Gasteiger partial charge in [-0.1, -0.05) is 20.8 Å². The van der Waals surface area contributed by atoms with Crippen LogP contribution in [0.1, 0.15) is 33.6 Å². The molecule has 5 heteroatoms. The first-order valence-corrected chi connectivity index (χ1v) is 6.07. The van der Waals surface area contributed by atoms with Gasteiger partial charge in [-0.25, -0.2) is 4.79 Å². The van der Waals surface area contributed by atoms with Crippen LogP contribution in [-0.2, 0) is 9.59 Å². The van der Waals surface area contributed by atoms with Crippen molar-refractivity contribution in [1.82, 2.24) is 5.32 Å². The van der Waals surface area contributed by atoms with Gasteiger partial charge in [0.25, 0.3) is 5.91 Å². The molecule has 0 aliphatic heterocycles. The van der Waals surface area contributed by atoms with E-state index in [0.717, 1.165) is 12.8 Å². The molecule has 2 atom stereocenters. The van der Waals surface area contributed by atoms with Gasteiger partial charge in [-0.3, -0.25) is 14.9 Å². The Kier molecular flexibility index (Phi) is 2.61. The number of hydrogen-bond acceptors (Lipinski definition) is 3. The zero-order valence-electron chi connectivity index (χ0n) is 10.9. The molecule has 2 aliphatic rings. The first-order chi connectivity index (χ1) is 8.20. The lowest BCUT2D eigenvalue weighted by molar-refractivity contribution is -0.125. The van der Waals surface area contributed by atoms with Crippen molar-refractivity contribution in [3.63, 3.8) is 0 Å². The quantitative estimate of drug-likeness (QED) is 0.684. The fourth-order valence-electron chi connectivity index (χ4n) is 3.39. The number of carbonyl (C=O) groups is 3. The molecule has 2 bridgehead atoms. The average Bonchev–Trinajstić information content (AvgIpc) is 2.52. The molecule has 18 heavy (non-hydrogen) atoms. The van der Waals surface area contributed by atoms with E-state index in [4.69, 9.17) is 5.73 Å². The predicted octanol–water partition coefficient (Wildman–Crippen LogP) is 1.13. The summed E-state index contributed by atoms with van der Waals surface area (Å²) in [5.74, 6) is -0.491. The van der Waals surface area contributed by atoms with E-state index >= 15 is 0 Å². The molecular weight excluding hydrogens is 232 g/mol. The molecule has 0 unspecified atom stereocenters. The smallest absolute Gasteiger partial charge is 0.319 e. The maximum atomic E-state index is 12.4. The second kappa shape index (κ2) is 3.67. The van der Waals surface area contributed by atoms with Crippen molar-refractivity contribution in [2.24, 2.45) is 22.5 Å². The SMILES string of the molecule is CC1(C)[C@H]2CC[C@]1(C)C(=O)/C2=C\C(=O)NC(N)=O. The summed E-state index contributed by atoms with van der Waals surface area (Å²) in [4.78, 5) is 34.5. The Morgan fingerprint density at radius 2 is 2.00 bits per heavy atom. The van der Waals surface area contributed by atoms with Crippen LogP contribution in [0.25, 0.3) is 0 Å². The normalized spacial score (nSPS) is 34.9. The summed E-state index contributed by atoms with van der Waals surface area (Å²) in [7, 11) is 0. The minimum Gasteiger partial charge on any atom is -0.351 e. The second-order valence-electron chi connectivity index (χ2n) is 5.93. The first-order valence-electron chi connectivity index (χ1n) is 6.07. The first kappa shape index (κ1) is 12.8. The molecule has 0 heterocycles. The number of urea groups is 1. The summed E-state index contributed by atoms with van der Waals surface area (Å²) in [5.41, 5.74) is 4.88. The van der Waals surface area contributed by atoms with Gasteiger partial charge in [0.2, 0.25) is 0 Å². The van der Waals surface area contributed by atoms with Crippen molar-refractivity contribution in [2.45, 2.75) is 33.6 Å². The number of carbonyl (C=O) groups excluding carboxylic acids is 3. The summed E-state index contributed by atoms with van der Waals surface area (Å²) < 4.78 is 0. The average molecular weight is 250 g/mol. The van der Waals surface area contributed by atoms with Crippen LogP contribution >= 0.6 is 0 Å². The molecule has 0 aromatic heterocycles. The topological polar surface area (TPSA) is 89.3 Å². The highest BCUT2D eigenvalue weighted by molar-refractivity contribution is 6.10. The van der Waals surface area contributed by atoms with Crippen LogP contribution in [0, 0.1) is 16.7 Å². The second-order valence-corrected chi connectivity index (χ2v) is 5.93. The highest BCUT2D eigenvalue weighted by atomic mass is 16.2. The number of ketones is 1. The highest BCUT2D eigenvalue weighted by Gasteiger charge is 2.63. The number of Topliss-reactive ketones (excluding diaryl/α,β-unsaturated/α-hetero) is 1. The van der Waals surface area contributed by atoms with Crippen molar-refractivity contribution in [3.8, 4) is 0 Å². The van der Waals surface area contributed by atoms with Gasteiger partial charge in [-0.2, -0.15) is 0 Å². The van der Waals surface area contributed by atoms with Crippen LogP contribution in [0.4, 0.5) is 4.79 Å². The standard InChI is InChI=1S/C13H18N2O3/c1-12(2)8-4-5-13(12,3)10(17)7(8)6-9(16)15-11(14)18/h6,8H,4-5H2,1-3H3,(H3,14,15,16,18)/b7-6-/t8-,13+/m0/s1. The fourth-order valence-corrected chi connectivity index (χ4v) is 3.39. The Labute approximate surface area is 106 Å². The minimum absolute atomic E-state index is 0.0309. The molecule has 2 aliphatic carbocycles. The van der Waals surface area contributed by atoms with Crippen molar-refractivity contribution < 1.29 is 14.4 Å². The maximum absolute atomic E-state index is 12.4. The van der Waals surface area contributed by atoms with Crippen molar-refractivity contribution in [3.05, 3.63) is 11.6 Å². The third-order valence-electron chi connectivity index (χ3n) is 4.90. The summed E-state index contributed by atoms with van der Waals surface area (Å²) in [5, 5.41) is 1.96. The van der Waals surface area contributed by atoms with E-state index in [1.807, 2.05) is 12.2 Å². The van der Waals surface area contributed by atoms with Gasteiger partial charge in [0.1, 0.15) is 0 Å². The molecule has 2 rings (SSSR count).